The van der Waals surface area contributed by atoms with Gasteiger partial charge in [0.2, 0.25) is 0 Å². The summed E-state index contributed by atoms with van der Waals surface area (Å²) in [5.74, 6) is -1.79. The topological polar surface area (TPSA) is 81.8 Å². The molecule has 3 N–H and O–H groups in total. The molecule has 1 aromatic heterocycles. The van der Waals surface area contributed by atoms with Crippen molar-refractivity contribution in [3.63, 3.8) is 0 Å². The van der Waals surface area contributed by atoms with Crippen molar-refractivity contribution < 1.29 is 27.1 Å². The SMILES string of the molecule is COc1cccc(F)c1CN1CC(NC(=O)N2CCC3NNC(c4ccnc(C)c4)C3C2)CC(C(F)(F)F)C1. The summed E-state index contributed by atoms with van der Waals surface area (Å²) in [5, 5.41) is 2.86. The van der Waals surface area contributed by atoms with Crippen LogP contribution in [-0.2, 0) is 6.54 Å². The maximum atomic E-state index is 14.5. The summed E-state index contributed by atoms with van der Waals surface area (Å²) >= 11 is 0. The van der Waals surface area contributed by atoms with E-state index in [2.05, 4.69) is 21.2 Å². The maximum Gasteiger partial charge on any atom is 0.393 e. The standard InChI is InChI=1S/C27H34F4N6O2/c1-16-10-17(6-8-32-16)25-21-15-37(9-7-23(21)34-35-25)26(38)33-19-11-18(27(29,30)31)12-36(13-19)14-20-22(28)4-3-5-24(20)39-2/h3-6,8,10,18-19,21,23,25,34-35H,7,9,11-15H2,1-2H3,(H,33,38). The minimum absolute atomic E-state index is 0.0113. The van der Waals surface area contributed by atoms with Crippen LogP contribution in [0.5, 0.6) is 5.75 Å². The number of hydrazine groups is 1. The number of hydrogen-bond acceptors (Lipinski definition) is 6. The number of likely N-dealkylation sites (tertiary alicyclic amines) is 2. The zero-order valence-corrected chi connectivity index (χ0v) is 22.0. The number of benzene rings is 1. The molecule has 3 aliphatic heterocycles. The lowest BCUT2D eigenvalue weighted by Crippen LogP contribution is -2.57. The molecule has 212 valence electrons. The van der Waals surface area contributed by atoms with E-state index in [1.54, 1.807) is 22.1 Å². The van der Waals surface area contributed by atoms with Crippen molar-refractivity contribution in [2.75, 3.05) is 33.3 Å². The van der Waals surface area contributed by atoms with Crippen LogP contribution in [0.15, 0.2) is 36.5 Å². The minimum Gasteiger partial charge on any atom is -0.496 e. The van der Waals surface area contributed by atoms with Gasteiger partial charge in [0.25, 0.3) is 0 Å². The number of hydrogen-bond donors (Lipinski definition) is 3. The molecule has 0 radical (unpaired) electrons. The van der Waals surface area contributed by atoms with Crippen LogP contribution < -0.4 is 20.9 Å². The highest BCUT2D eigenvalue weighted by molar-refractivity contribution is 5.74. The Hall–Kier alpha value is -2.96. The summed E-state index contributed by atoms with van der Waals surface area (Å²) in [6.07, 6.45) is -2.17. The summed E-state index contributed by atoms with van der Waals surface area (Å²) < 4.78 is 61.3. The Bertz CT molecular complexity index is 1180. The third-order valence-electron chi connectivity index (χ3n) is 8.07. The van der Waals surface area contributed by atoms with Crippen molar-refractivity contribution in [1.29, 1.82) is 0 Å². The Kier molecular flexibility index (Phi) is 7.97. The Morgan fingerprint density at radius 1 is 1.21 bits per heavy atom. The van der Waals surface area contributed by atoms with Crippen molar-refractivity contribution in [2.45, 2.75) is 50.6 Å². The molecule has 5 unspecified atom stereocenters. The highest BCUT2D eigenvalue weighted by atomic mass is 19.4. The van der Waals surface area contributed by atoms with Gasteiger partial charge in [0, 0.05) is 68.2 Å². The number of ether oxygens (including phenoxy) is 1. The molecule has 0 aliphatic carbocycles. The molecule has 39 heavy (non-hydrogen) atoms. The minimum atomic E-state index is -4.43. The number of aryl methyl sites for hydroxylation is 1. The number of alkyl halides is 3. The van der Waals surface area contributed by atoms with Gasteiger partial charge < -0.3 is 15.0 Å². The number of piperidine rings is 2. The molecule has 0 bridgehead atoms. The zero-order chi connectivity index (χ0) is 27.7. The molecular weight excluding hydrogens is 516 g/mol. The summed E-state index contributed by atoms with van der Waals surface area (Å²) in [7, 11) is 1.40. The Morgan fingerprint density at radius 2 is 2.03 bits per heavy atom. The first-order chi connectivity index (χ1) is 18.6. The Morgan fingerprint density at radius 3 is 2.77 bits per heavy atom. The third kappa shape index (κ3) is 6.12. The fourth-order valence-corrected chi connectivity index (χ4v) is 6.11. The van der Waals surface area contributed by atoms with Gasteiger partial charge in [0.15, 0.2) is 0 Å². The van der Waals surface area contributed by atoms with Gasteiger partial charge in [-0.3, -0.25) is 15.3 Å². The quantitative estimate of drug-likeness (QED) is 0.495. The van der Waals surface area contributed by atoms with E-state index in [0.29, 0.717) is 13.1 Å². The molecule has 8 nitrogen and oxygen atoms in total. The van der Waals surface area contributed by atoms with Gasteiger partial charge in [-0.25, -0.2) is 14.6 Å². The molecule has 3 fully saturated rings. The van der Waals surface area contributed by atoms with Crippen molar-refractivity contribution in [3.05, 3.63) is 59.2 Å². The van der Waals surface area contributed by atoms with Crippen molar-refractivity contribution in [1.82, 2.24) is 31.0 Å². The van der Waals surface area contributed by atoms with Gasteiger partial charge in [-0.15, -0.1) is 0 Å². The van der Waals surface area contributed by atoms with Crippen LogP contribution in [0.1, 0.15) is 35.7 Å². The van der Waals surface area contributed by atoms with E-state index in [9.17, 15) is 22.4 Å². The molecule has 0 saturated carbocycles. The molecular formula is C27H34F4N6O2. The summed E-state index contributed by atoms with van der Waals surface area (Å²) in [6, 6.07) is 7.37. The number of urea groups is 1. The number of nitrogens with zero attached hydrogens (tertiary/aromatic N) is 3. The van der Waals surface area contributed by atoms with E-state index >= 15 is 0 Å². The van der Waals surface area contributed by atoms with Gasteiger partial charge >= 0.3 is 12.2 Å². The molecule has 3 saturated heterocycles. The second-order valence-corrected chi connectivity index (χ2v) is 10.7. The molecule has 4 heterocycles. The van der Waals surface area contributed by atoms with Crippen LogP contribution in [0, 0.1) is 24.6 Å². The highest BCUT2D eigenvalue weighted by Crippen LogP contribution is 2.36. The van der Waals surface area contributed by atoms with Gasteiger partial charge in [-0.2, -0.15) is 13.2 Å². The zero-order valence-electron chi connectivity index (χ0n) is 22.0. The van der Waals surface area contributed by atoms with Crippen molar-refractivity contribution >= 4 is 6.03 Å². The summed E-state index contributed by atoms with van der Waals surface area (Å²) in [6.45, 7) is 2.74. The molecule has 1 aromatic carbocycles. The molecule has 5 atom stereocenters. The summed E-state index contributed by atoms with van der Waals surface area (Å²) in [5.41, 5.74) is 8.85. The molecule has 3 aliphatic rings. The van der Waals surface area contributed by atoms with Gasteiger partial charge in [-0.05, 0) is 49.6 Å². The normalized spacial score (nSPS) is 27.7. The van der Waals surface area contributed by atoms with Crippen LogP contribution in [0.25, 0.3) is 0 Å². The van der Waals surface area contributed by atoms with Gasteiger partial charge in [-0.1, -0.05) is 6.07 Å². The van der Waals surface area contributed by atoms with E-state index in [-0.39, 0.29) is 61.4 Å². The fourth-order valence-electron chi connectivity index (χ4n) is 6.11. The average molecular weight is 551 g/mol. The number of carbonyl (C=O) groups is 1. The van der Waals surface area contributed by atoms with Crippen molar-refractivity contribution in [3.8, 4) is 5.75 Å². The number of pyridine rings is 1. The number of amides is 2. The lowest BCUT2D eigenvalue weighted by Gasteiger charge is -2.41. The van der Waals surface area contributed by atoms with Crippen LogP contribution in [-0.4, -0.2) is 72.4 Å². The predicted octanol–water partition coefficient (Wildman–Crippen LogP) is 3.54. The number of rotatable bonds is 5. The number of halogens is 4. The highest BCUT2D eigenvalue weighted by Gasteiger charge is 2.46. The first-order valence-electron chi connectivity index (χ1n) is 13.2. The van der Waals surface area contributed by atoms with E-state index in [4.69, 9.17) is 4.74 Å². The van der Waals surface area contributed by atoms with Crippen LogP contribution in [0.4, 0.5) is 22.4 Å². The van der Waals surface area contributed by atoms with E-state index < -0.39 is 24.0 Å². The number of nitrogens with one attached hydrogen (secondary N) is 3. The van der Waals surface area contributed by atoms with Crippen molar-refractivity contribution in [2.24, 2.45) is 11.8 Å². The van der Waals surface area contributed by atoms with Gasteiger partial charge in [0.1, 0.15) is 11.6 Å². The second-order valence-electron chi connectivity index (χ2n) is 10.7. The number of methoxy groups -OCH3 is 1. The van der Waals surface area contributed by atoms with E-state index in [1.165, 1.54) is 19.2 Å². The summed E-state index contributed by atoms with van der Waals surface area (Å²) in [4.78, 5) is 20.8. The number of aromatic nitrogens is 1. The maximum absolute atomic E-state index is 14.5. The Labute approximate surface area is 225 Å². The van der Waals surface area contributed by atoms with Gasteiger partial charge in [0.05, 0.1) is 19.1 Å². The van der Waals surface area contributed by atoms with E-state index in [1.807, 2.05) is 19.1 Å². The lowest BCUT2D eigenvalue weighted by molar-refractivity contribution is -0.189. The smallest absolute Gasteiger partial charge is 0.393 e. The second kappa shape index (κ2) is 11.3. The van der Waals surface area contributed by atoms with Crippen LogP contribution in [0.3, 0.4) is 0 Å². The molecule has 0 spiro atoms. The monoisotopic (exact) mass is 550 g/mol. The molecule has 2 aromatic rings. The van der Waals surface area contributed by atoms with E-state index in [0.717, 1.165) is 17.7 Å². The first kappa shape index (κ1) is 27.6. The molecule has 12 heteroatoms. The Balaban J connectivity index is 1.27. The van der Waals surface area contributed by atoms with Crippen LogP contribution in [0.2, 0.25) is 0 Å². The number of fused-ring (bicyclic) bond motifs is 1. The molecule has 5 rings (SSSR count). The fraction of sp³-hybridized carbons (Fsp3) is 0.556. The predicted molar refractivity (Wildman–Crippen MR) is 136 cm³/mol. The first-order valence-corrected chi connectivity index (χ1v) is 13.2. The third-order valence-corrected chi connectivity index (χ3v) is 8.07. The lowest BCUT2D eigenvalue weighted by atomic mass is 9.85. The van der Waals surface area contributed by atoms with Crippen LogP contribution >= 0.6 is 0 Å². The number of carbonyl (C=O) groups excluding carboxylic acids is 1. The molecule has 2 amide bonds. The average Bonchev–Trinajstić information content (AvgIpc) is 3.32. The largest absolute Gasteiger partial charge is 0.496 e.